The largest absolute Gasteiger partial charge is 0.497 e. The number of hydrogen-bond donors (Lipinski definition) is 3. The number of methoxy groups -OCH3 is 1. The van der Waals surface area contributed by atoms with Crippen LogP contribution in [0.1, 0.15) is 42.4 Å². The fourth-order valence-corrected chi connectivity index (χ4v) is 3.86. The van der Waals surface area contributed by atoms with Crippen molar-refractivity contribution in [1.29, 1.82) is 0 Å². The molecule has 7 nitrogen and oxygen atoms in total. The number of carbonyl (C=O) groups excluding carboxylic acids is 1. The van der Waals surface area contributed by atoms with Crippen LogP contribution in [-0.4, -0.2) is 29.2 Å². The average Bonchev–Trinajstić information content (AvgIpc) is 3.31. The van der Waals surface area contributed by atoms with Gasteiger partial charge in [-0.05, 0) is 61.2 Å². The molecule has 35 heavy (non-hydrogen) atoms. The minimum Gasteiger partial charge on any atom is -0.497 e. The molecular weight excluding hydrogens is 440 g/mol. The molecule has 182 valence electrons. The van der Waals surface area contributed by atoms with Crippen LogP contribution in [0.4, 0.5) is 4.79 Å². The van der Waals surface area contributed by atoms with Crippen molar-refractivity contribution < 1.29 is 14.3 Å². The molecule has 0 aliphatic rings. The topological polar surface area (TPSA) is 88.3 Å². The minimum absolute atomic E-state index is 0.141. The number of urea groups is 1. The molecule has 4 aromatic rings. The fraction of sp³-hybridized carbons (Fsp3) is 0.286. The number of fused-ring (bicyclic) bond motifs is 1. The van der Waals surface area contributed by atoms with Crippen molar-refractivity contribution in [2.24, 2.45) is 0 Å². The number of aromatic amines is 1. The highest BCUT2D eigenvalue weighted by molar-refractivity contribution is 5.76. The highest BCUT2D eigenvalue weighted by atomic mass is 16.5. The highest BCUT2D eigenvalue weighted by Gasteiger charge is 2.19. The molecule has 0 radical (unpaired) electrons. The first-order valence-corrected chi connectivity index (χ1v) is 11.8. The van der Waals surface area contributed by atoms with Crippen LogP contribution in [0, 0.1) is 0 Å². The first kappa shape index (κ1) is 24.3. The van der Waals surface area contributed by atoms with Crippen LogP contribution in [-0.2, 0) is 24.3 Å². The first-order valence-electron chi connectivity index (χ1n) is 11.8. The number of H-pyrrole nitrogens is 1. The van der Waals surface area contributed by atoms with Crippen LogP contribution in [0.2, 0.25) is 0 Å². The molecule has 1 heterocycles. The van der Waals surface area contributed by atoms with Crippen molar-refractivity contribution in [3.8, 4) is 5.75 Å². The second-order valence-corrected chi connectivity index (χ2v) is 8.70. The summed E-state index contributed by atoms with van der Waals surface area (Å²) in [5.41, 5.74) is 4.95. The van der Waals surface area contributed by atoms with E-state index >= 15 is 0 Å². The Morgan fingerprint density at radius 2 is 1.69 bits per heavy atom. The summed E-state index contributed by atoms with van der Waals surface area (Å²) in [5.74, 6) is 1.50. The van der Waals surface area contributed by atoms with E-state index in [9.17, 15) is 4.79 Å². The lowest BCUT2D eigenvalue weighted by atomic mass is 10.1. The second-order valence-electron chi connectivity index (χ2n) is 8.70. The van der Waals surface area contributed by atoms with E-state index in [-0.39, 0.29) is 18.2 Å². The molecule has 3 N–H and O–H groups in total. The molecule has 0 aliphatic heterocycles. The Balaban J connectivity index is 1.48. The van der Waals surface area contributed by atoms with Gasteiger partial charge in [0, 0.05) is 6.54 Å². The van der Waals surface area contributed by atoms with Crippen LogP contribution in [0.25, 0.3) is 11.0 Å². The summed E-state index contributed by atoms with van der Waals surface area (Å²) in [6.45, 7) is 4.93. The monoisotopic (exact) mass is 472 g/mol. The summed E-state index contributed by atoms with van der Waals surface area (Å²) in [4.78, 5) is 21.1. The van der Waals surface area contributed by atoms with Crippen molar-refractivity contribution in [3.05, 3.63) is 95.3 Å². The fourth-order valence-electron chi connectivity index (χ4n) is 3.86. The van der Waals surface area contributed by atoms with Crippen molar-refractivity contribution in [1.82, 2.24) is 20.6 Å². The lowest BCUT2D eigenvalue weighted by Crippen LogP contribution is -2.39. The van der Waals surface area contributed by atoms with Gasteiger partial charge in [0.05, 0.1) is 36.9 Å². The quantitative estimate of drug-likeness (QED) is 0.293. The molecule has 1 aromatic heterocycles. The van der Waals surface area contributed by atoms with E-state index in [0.29, 0.717) is 25.4 Å². The predicted molar refractivity (Wildman–Crippen MR) is 137 cm³/mol. The molecule has 0 fully saturated rings. The number of benzene rings is 3. The van der Waals surface area contributed by atoms with Gasteiger partial charge >= 0.3 is 6.03 Å². The van der Waals surface area contributed by atoms with Crippen molar-refractivity contribution >= 4 is 17.1 Å². The number of hydrogen-bond acceptors (Lipinski definition) is 4. The average molecular weight is 473 g/mol. The third kappa shape index (κ3) is 6.61. The Labute approximate surface area is 205 Å². The molecule has 7 heteroatoms. The summed E-state index contributed by atoms with van der Waals surface area (Å²) in [5, 5.41) is 6.10. The SMILES string of the molecule is COc1ccc(CC(NC(=O)NCc2ccccc2COC(C)C)c2nc3ccccc3[nH]2)cc1. The van der Waals surface area contributed by atoms with E-state index in [1.54, 1.807) is 7.11 Å². The summed E-state index contributed by atoms with van der Waals surface area (Å²) < 4.78 is 11.0. The molecule has 0 spiro atoms. The number of carbonyl (C=O) groups is 1. The molecule has 0 bridgehead atoms. The van der Waals surface area contributed by atoms with Gasteiger partial charge in [0.25, 0.3) is 0 Å². The first-order chi connectivity index (χ1) is 17.0. The van der Waals surface area contributed by atoms with Gasteiger partial charge < -0.3 is 25.1 Å². The normalized spacial score (nSPS) is 12.0. The predicted octanol–water partition coefficient (Wildman–Crippen LogP) is 5.28. The molecule has 1 atom stereocenters. The van der Waals surface area contributed by atoms with E-state index in [1.807, 2.05) is 86.6 Å². The number of imidazole rings is 1. The van der Waals surface area contributed by atoms with Crippen LogP contribution in [0.3, 0.4) is 0 Å². The lowest BCUT2D eigenvalue weighted by molar-refractivity contribution is 0.0652. The third-order valence-electron chi connectivity index (χ3n) is 5.77. The van der Waals surface area contributed by atoms with Gasteiger partial charge in [-0.25, -0.2) is 9.78 Å². The molecule has 0 saturated carbocycles. The standard InChI is InChI=1S/C28H32N4O3/c1-19(2)35-18-22-9-5-4-8-21(22)17-29-28(33)32-26(16-20-12-14-23(34-3)15-13-20)27-30-24-10-6-7-11-25(24)31-27/h4-15,19,26H,16-18H2,1-3H3,(H,30,31)(H2,29,32,33). The number of ether oxygens (including phenoxy) is 2. The Kier molecular flexibility index (Phi) is 8.00. The van der Waals surface area contributed by atoms with Crippen LogP contribution in [0.15, 0.2) is 72.8 Å². The van der Waals surface area contributed by atoms with Gasteiger partial charge in [-0.1, -0.05) is 48.5 Å². The number of aromatic nitrogens is 2. The van der Waals surface area contributed by atoms with Gasteiger partial charge in [-0.3, -0.25) is 0 Å². The summed E-state index contributed by atoms with van der Waals surface area (Å²) >= 11 is 0. The van der Waals surface area contributed by atoms with Crippen molar-refractivity contribution in [3.63, 3.8) is 0 Å². The maximum absolute atomic E-state index is 13.0. The Hall–Kier alpha value is -3.84. The molecule has 0 saturated heterocycles. The van der Waals surface area contributed by atoms with Gasteiger partial charge in [-0.15, -0.1) is 0 Å². The van der Waals surface area contributed by atoms with Crippen LogP contribution >= 0.6 is 0 Å². The van der Waals surface area contributed by atoms with Gasteiger partial charge in [0.2, 0.25) is 0 Å². The zero-order chi connectivity index (χ0) is 24.6. The molecule has 0 aliphatic carbocycles. The minimum atomic E-state index is -0.338. The molecule has 1 unspecified atom stereocenters. The van der Waals surface area contributed by atoms with Crippen molar-refractivity contribution in [2.75, 3.05) is 7.11 Å². The maximum Gasteiger partial charge on any atom is 0.315 e. The van der Waals surface area contributed by atoms with E-state index in [0.717, 1.165) is 33.5 Å². The number of rotatable bonds is 10. The third-order valence-corrected chi connectivity index (χ3v) is 5.77. The van der Waals surface area contributed by atoms with E-state index < -0.39 is 0 Å². The second kappa shape index (κ2) is 11.5. The van der Waals surface area contributed by atoms with Crippen LogP contribution in [0.5, 0.6) is 5.75 Å². The molecule has 3 aromatic carbocycles. The number of nitrogens with one attached hydrogen (secondary N) is 3. The number of amides is 2. The molecular formula is C28H32N4O3. The van der Waals surface area contributed by atoms with E-state index in [1.165, 1.54) is 0 Å². The van der Waals surface area contributed by atoms with Gasteiger partial charge in [0.1, 0.15) is 11.6 Å². The van der Waals surface area contributed by atoms with Crippen LogP contribution < -0.4 is 15.4 Å². The highest BCUT2D eigenvalue weighted by Crippen LogP contribution is 2.21. The zero-order valence-electron chi connectivity index (χ0n) is 20.4. The summed E-state index contributed by atoms with van der Waals surface area (Å²) in [7, 11) is 1.64. The zero-order valence-corrected chi connectivity index (χ0v) is 20.4. The molecule has 4 rings (SSSR count). The number of nitrogens with zero attached hydrogens (tertiary/aromatic N) is 1. The van der Waals surface area contributed by atoms with Crippen molar-refractivity contribution in [2.45, 2.75) is 45.6 Å². The van der Waals surface area contributed by atoms with E-state index in [2.05, 4.69) is 15.6 Å². The van der Waals surface area contributed by atoms with Gasteiger partial charge in [-0.2, -0.15) is 0 Å². The summed E-state index contributed by atoms with van der Waals surface area (Å²) in [6.07, 6.45) is 0.720. The van der Waals surface area contributed by atoms with E-state index in [4.69, 9.17) is 14.5 Å². The maximum atomic E-state index is 13.0. The Morgan fingerprint density at radius 1 is 0.971 bits per heavy atom. The number of para-hydroxylation sites is 2. The van der Waals surface area contributed by atoms with Gasteiger partial charge in [0.15, 0.2) is 0 Å². The summed E-state index contributed by atoms with van der Waals surface area (Å²) in [6, 6.07) is 23.1. The molecule has 2 amide bonds. The Morgan fingerprint density at radius 3 is 2.40 bits per heavy atom. The Bertz CT molecular complexity index is 1220. The smallest absolute Gasteiger partial charge is 0.315 e. The lowest BCUT2D eigenvalue weighted by Gasteiger charge is -2.18.